The second-order valence-electron chi connectivity index (χ2n) is 11.3. The van der Waals surface area contributed by atoms with Crippen LogP contribution >= 0.6 is 34.4 Å². The molecule has 0 nitrogen and oxygen atoms in total. The summed E-state index contributed by atoms with van der Waals surface area (Å²) in [4.78, 5) is 10.4. The van der Waals surface area contributed by atoms with E-state index in [9.17, 15) is 0 Å². The first-order valence-electron chi connectivity index (χ1n) is 7.86. The average Bonchev–Trinajstić information content (AvgIpc) is 3.42. The summed E-state index contributed by atoms with van der Waals surface area (Å²) in [5.74, 6) is 0. The molecule has 10 aliphatic rings. The summed E-state index contributed by atoms with van der Waals surface area (Å²) in [5, 5.41) is 1.52. The Morgan fingerprint density at radius 3 is 1.85 bits per heavy atom. The van der Waals surface area contributed by atoms with Crippen molar-refractivity contribution >= 4 is 39.7 Å². The van der Waals surface area contributed by atoms with Crippen molar-refractivity contribution in [3.8, 4) is 0 Å². The number of hydrogen-bond acceptors (Lipinski definition) is 0. The van der Waals surface area contributed by atoms with Crippen LogP contribution in [-0.2, 0) is 6.51 Å². The SMILES string of the molecule is ClP(c1ccccc1)[C]12[CH]3[CH]4[CH]5[CH]1[Fe]45321678[CH]2[CH]1[CH]6[C]7(Br)[CH]28. The summed E-state index contributed by atoms with van der Waals surface area (Å²) < 4.78 is 1.61. The molecule has 0 radical (unpaired) electrons. The van der Waals surface area contributed by atoms with E-state index in [0.29, 0.717) is 0 Å². The minimum absolute atomic E-state index is 0.383. The predicted molar refractivity (Wildman–Crippen MR) is 83.2 cm³/mol. The van der Waals surface area contributed by atoms with Crippen molar-refractivity contribution < 1.29 is 6.51 Å². The van der Waals surface area contributed by atoms with E-state index in [4.69, 9.17) is 11.2 Å². The second kappa shape index (κ2) is 0.828. The molecule has 10 fully saturated rings. The van der Waals surface area contributed by atoms with Crippen LogP contribution in [0.2, 0.25) is 38.5 Å². The molecule has 104 valence electrons. The van der Waals surface area contributed by atoms with Crippen molar-refractivity contribution in [2.45, 2.75) is 45.8 Å². The number of halogens is 2. The van der Waals surface area contributed by atoms with Gasteiger partial charge in [-0.2, -0.15) is 0 Å². The third kappa shape index (κ3) is 0.102. The predicted octanol–water partition coefficient (Wildman–Crippen LogP) is 5.55. The van der Waals surface area contributed by atoms with Gasteiger partial charge in [0, 0.05) is 0 Å². The number of benzene rings is 1. The van der Waals surface area contributed by atoms with E-state index in [1.54, 1.807) is 0 Å². The normalized spacial score (nSPS) is 108. The van der Waals surface area contributed by atoms with Crippen LogP contribution in [-0.4, -0.2) is 7.28 Å². The molecule has 0 saturated carbocycles. The molecular formula is C16H13BrClFeP. The molecule has 0 aliphatic carbocycles. The summed E-state index contributed by atoms with van der Waals surface area (Å²) in [6.07, 6.45) is 0. The minimum atomic E-state index is -3.19. The van der Waals surface area contributed by atoms with Crippen LogP contribution in [0.4, 0.5) is 0 Å². The summed E-state index contributed by atoms with van der Waals surface area (Å²) in [5.41, 5.74) is 0. The Labute approximate surface area is 122 Å². The Bertz CT molecular complexity index is 1240. The van der Waals surface area contributed by atoms with Gasteiger partial charge in [-0.15, -0.1) is 0 Å². The van der Waals surface area contributed by atoms with Gasteiger partial charge in [-0.1, -0.05) is 0 Å². The molecule has 0 amide bonds. The van der Waals surface area contributed by atoms with Gasteiger partial charge in [0.05, 0.1) is 0 Å². The Kier molecular flexibility index (Phi) is 0.360. The van der Waals surface area contributed by atoms with Gasteiger partial charge in [-0.25, -0.2) is 0 Å². The maximum absolute atomic E-state index is 7.36. The van der Waals surface area contributed by atoms with Crippen molar-refractivity contribution in [2.75, 3.05) is 0 Å². The summed E-state index contributed by atoms with van der Waals surface area (Å²) in [6, 6.07) is 11.2. The van der Waals surface area contributed by atoms with Gasteiger partial charge in [0.1, 0.15) is 0 Å². The van der Waals surface area contributed by atoms with Crippen molar-refractivity contribution in [1.82, 2.24) is 0 Å². The molecule has 11 rings (SSSR count). The molecular weight excluding hydrogens is 394 g/mol. The van der Waals surface area contributed by atoms with Gasteiger partial charge >= 0.3 is 122 Å². The van der Waals surface area contributed by atoms with Crippen LogP contribution in [0.15, 0.2) is 30.3 Å². The maximum atomic E-state index is 7.36. The van der Waals surface area contributed by atoms with E-state index in [-0.39, 0.29) is 7.27 Å². The van der Waals surface area contributed by atoms with Gasteiger partial charge in [0.2, 0.25) is 0 Å². The fraction of sp³-hybridized carbons (Fsp3) is 0.625. The third-order valence-electron chi connectivity index (χ3n) is 15.8. The zero-order valence-corrected chi connectivity index (χ0v) is 14.9. The van der Waals surface area contributed by atoms with Crippen LogP contribution in [0, 0.1) is 0 Å². The molecule has 0 bridgehead atoms. The average molecular weight is 407 g/mol. The molecule has 20 heavy (non-hydrogen) atoms. The Morgan fingerprint density at radius 1 is 0.950 bits per heavy atom. The third-order valence-corrected chi connectivity index (χ3v) is 73.5. The van der Waals surface area contributed by atoms with Gasteiger partial charge in [0.25, 0.3) is 0 Å². The molecule has 10 saturated heterocycles. The fourth-order valence-corrected chi connectivity index (χ4v) is 122. The summed E-state index contributed by atoms with van der Waals surface area (Å²) >= 11 is 11.8. The number of rotatable bonds is 2. The number of hydrogen-bond donors (Lipinski definition) is 0. The molecule has 4 heteroatoms. The van der Waals surface area contributed by atoms with Crippen LogP contribution in [0.3, 0.4) is 0 Å². The molecule has 1 aromatic rings. The van der Waals surface area contributed by atoms with Crippen molar-refractivity contribution in [2.24, 2.45) is 0 Å². The van der Waals surface area contributed by atoms with E-state index in [1.165, 1.54) is 43.8 Å². The molecule has 1 aromatic carbocycles. The number of fused-ring (bicyclic) bond motifs is 10. The van der Waals surface area contributed by atoms with Gasteiger partial charge in [-0.05, 0) is 0 Å². The molecule has 9 atom stereocenters. The van der Waals surface area contributed by atoms with E-state index in [1.807, 2.05) is 0 Å². The van der Waals surface area contributed by atoms with Gasteiger partial charge in [0.15, 0.2) is 0 Å². The zero-order valence-electron chi connectivity index (χ0n) is 10.6. The first-order valence-corrected chi connectivity index (χ1v) is 17.1. The fourth-order valence-electron chi connectivity index (χ4n) is 17.4. The molecule has 1 spiro atoms. The van der Waals surface area contributed by atoms with Crippen LogP contribution < -0.4 is 5.30 Å². The Balaban J connectivity index is 1.43. The van der Waals surface area contributed by atoms with Crippen molar-refractivity contribution in [3.05, 3.63) is 30.3 Å². The zero-order chi connectivity index (χ0) is 12.6. The van der Waals surface area contributed by atoms with Crippen molar-refractivity contribution in [1.29, 1.82) is 0 Å². The summed E-state index contributed by atoms with van der Waals surface area (Å²) in [6.45, 7) is -3.19. The second-order valence-corrected chi connectivity index (χ2v) is 39.7. The molecule has 10 heterocycles. The first-order chi connectivity index (χ1) is 9.45. The standard InChI is InChI=1S/C11H9ClP.C5H4Br.Fe/c12-13(11-8-4-5-9-11)10-6-2-1-3-7-10;6-5-3-1-2-4-5;/h1-9H;1-4H;. The molecule has 0 aromatic heterocycles. The van der Waals surface area contributed by atoms with Crippen LogP contribution in [0.25, 0.3) is 0 Å². The molecule has 9 unspecified atom stereocenters. The number of alkyl halides is 1. The van der Waals surface area contributed by atoms with Gasteiger partial charge in [-0.3, -0.25) is 0 Å². The molecule has 0 N–H and O–H groups in total. The van der Waals surface area contributed by atoms with Crippen LogP contribution in [0.5, 0.6) is 0 Å². The van der Waals surface area contributed by atoms with Gasteiger partial charge < -0.3 is 0 Å². The van der Waals surface area contributed by atoms with E-state index < -0.39 is 6.51 Å². The molecule has 10 aliphatic heterocycles. The monoisotopic (exact) mass is 406 g/mol. The van der Waals surface area contributed by atoms with Crippen LogP contribution in [0.1, 0.15) is 0 Å². The van der Waals surface area contributed by atoms with E-state index in [0.717, 1.165) is 7.28 Å². The van der Waals surface area contributed by atoms with E-state index in [2.05, 4.69) is 46.3 Å². The first kappa shape index (κ1) is 8.70. The summed E-state index contributed by atoms with van der Waals surface area (Å²) in [7, 11) is -0.383. The Morgan fingerprint density at radius 2 is 1.50 bits per heavy atom. The van der Waals surface area contributed by atoms with E-state index >= 15 is 0 Å². The Hall–Kier alpha value is 0.939. The quantitative estimate of drug-likeness (QED) is 0.343. The topological polar surface area (TPSA) is 0 Å². The van der Waals surface area contributed by atoms with Crippen molar-refractivity contribution in [3.63, 3.8) is 0 Å².